The van der Waals surface area contributed by atoms with Crippen molar-refractivity contribution in [2.45, 2.75) is 13.5 Å². The van der Waals surface area contributed by atoms with Crippen LogP contribution in [0.2, 0.25) is 0 Å². The van der Waals surface area contributed by atoms with Crippen LogP contribution >= 0.6 is 0 Å². The topological polar surface area (TPSA) is 92.0 Å². The van der Waals surface area contributed by atoms with Crippen LogP contribution in [0.15, 0.2) is 35.1 Å². The van der Waals surface area contributed by atoms with Crippen molar-refractivity contribution in [2.24, 2.45) is 24.4 Å². The maximum absolute atomic E-state index is 8.65. The normalized spacial score (nSPS) is 10.9. The molecular formula is C12H18Cl2N6O3. The van der Waals surface area contributed by atoms with Crippen LogP contribution in [0.5, 0.6) is 0 Å². The van der Waals surface area contributed by atoms with E-state index in [0.29, 0.717) is 25.1 Å². The van der Waals surface area contributed by atoms with Crippen molar-refractivity contribution >= 4 is 12.4 Å². The van der Waals surface area contributed by atoms with E-state index in [1.807, 2.05) is 48.0 Å². The van der Waals surface area contributed by atoms with Crippen LogP contribution in [0.25, 0.3) is 0 Å². The lowest BCUT2D eigenvalue weighted by molar-refractivity contribution is -0.672. The summed E-state index contributed by atoms with van der Waals surface area (Å²) in [4.78, 5) is 0. The fourth-order valence-electron chi connectivity index (χ4n) is 1.96. The van der Waals surface area contributed by atoms with Gasteiger partial charge in [-0.25, -0.2) is 18.3 Å². The number of ether oxygens (including phenoxy) is 1. The number of nitrogens with zero attached hydrogens (tertiary/aromatic N) is 6. The van der Waals surface area contributed by atoms with Crippen molar-refractivity contribution in [2.75, 3.05) is 0 Å². The molecule has 2 aromatic rings. The highest BCUT2D eigenvalue weighted by Gasteiger charge is 2.15. The third kappa shape index (κ3) is 4.95. The Balaban J connectivity index is 0.00000242. The van der Waals surface area contributed by atoms with E-state index in [9.17, 15) is 0 Å². The second kappa shape index (κ2) is 9.82. The summed E-state index contributed by atoms with van der Waals surface area (Å²) in [5.74, 6) is 1.40. The van der Waals surface area contributed by atoms with E-state index < -0.39 is 0 Å². The molecule has 0 amide bonds. The van der Waals surface area contributed by atoms with Gasteiger partial charge in [0, 0.05) is 0 Å². The van der Waals surface area contributed by atoms with Gasteiger partial charge in [0.25, 0.3) is 0 Å². The quantitative estimate of drug-likeness (QED) is 0.231. The average molecular weight is 365 g/mol. The molecule has 0 atom stereocenters. The Hall–Kier alpha value is -2.10. The SMILES string of the molecule is C[n+]1ccn(COCn2cc[n+](C)c2/C=N/O)c1/C=N/O.[Cl-].[Cl-]. The van der Waals surface area contributed by atoms with Gasteiger partial charge in [-0.2, -0.15) is 0 Å². The van der Waals surface area contributed by atoms with E-state index >= 15 is 0 Å². The molecule has 0 unspecified atom stereocenters. The molecule has 23 heavy (non-hydrogen) atoms. The number of oxime groups is 2. The number of rotatable bonds is 6. The summed E-state index contributed by atoms with van der Waals surface area (Å²) in [6.45, 7) is 0.583. The maximum Gasteiger partial charge on any atom is 0.305 e. The molecular weight excluding hydrogens is 347 g/mol. The van der Waals surface area contributed by atoms with Gasteiger partial charge >= 0.3 is 11.6 Å². The predicted octanol–water partition coefficient (Wildman–Crippen LogP) is -6.81. The Kier molecular flexibility index (Phi) is 8.93. The van der Waals surface area contributed by atoms with E-state index in [4.69, 9.17) is 15.2 Å². The van der Waals surface area contributed by atoms with Gasteiger partial charge in [-0.1, -0.05) is 10.3 Å². The molecule has 11 heteroatoms. The fourth-order valence-corrected chi connectivity index (χ4v) is 1.96. The summed E-state index contributed by atoms with van der Waals surface area (Å²) >= 11 is 0. The van der Waals surface area contributed by atoms with E-state index in [-0.39, 0.29) is 24.8 Å². The van der Waals surface area contributed by atoms with Crippen LogP contribution in [0, 0.1) is 0 Å². The van der Waals surface area contributed by atoms with E-state index in [2.05, 4.69) is 10.3 Å². The maximum atomic E-state index is 8.65. The second-order valence-electron chi connectivity index (χ2n) is 4.43. The molecule has 0 spiro atoms. The fraction of sp³-hybridized carbons (Fsp3) is 0.333. The summed E-state index contributed by atoms with van der Waals surface area (Å²) in [6, 6.07) is 0. The summed E-state index contributed by atoms with van der Waals surface area (Å²) < 4.78 is 12.8. The van der Waals surface area contributed by atoms with Gasteiger partial charge in [-0.15, -0.1) is 0 Å². The molecule has 0 saturated heterocycles. The molecule has 0 saturated carbocycles. The summed E-state index contributed by atoms with van der Waals surface area (Å²) in [5.41, 5.74) is 0. The molecule has 128 valence electrons. The first-order chi connectivity index (χ1) is 10.2. The Morgan fingerprint density at radius 3 is 1.70 bits per heavy atom. The molecule has 2 heterocycles. The highest BCUT2D eigenvalue weighted by atomic mass is 35.5. The average Bonchev–Trinajstić information content (AvgIpc) is 2.98. The van der Waals surface area contributed by atoms with Crippen molar-refractivity contribution in [1.82, 2.24) is 9.13 Å². The zero-order chi connectivity index (χ0) is 15.2. The molecule has 9 nitrogen and oxygen atoms in total. The number of hydrogen-bond acceptors (Lipinski definition) is 5. The van der Waals surface area contributed by atoms with Crippen LogP contribution in [0.4, 0.5) is 0 Å². The number of halogens is 2. The number of hydrogen-bond donors (Lipinski definition) is 2. The molecule has 0 fully saturated rings. The number of aryl methyl sites for hydroxylation is 2. The van der Waals surface area contributed by atoms with Crippen molar-refractivity contribution in [1.29, 1.82) is 0 Å². The molecule has 0 bridgehead atoms. The van der Waals surface area contributed by atoms with Gasteiger partial charge in [0.05, 0.1) is 14.1 Å². The predicted molar refractivity (Wildman–Crippen MR) is 71.1 cm³/mol. The molecule has 2 aromatic heterocycles. The summed E-state index contributed by atoms with van der Waals surface area (Å²) in [7, 11) is 3.69. The van der Waals surface area contributed by atoms with Crippen LogP contribution in [-0.2, 0) is 32.3 Å². The first kappa shape index (κ1) is 20.9. The van der Waals surface area contributed by atoms with Crippen molar-refractivity contribution in [3.05, 3.63) is 36.4 Å². The summed E-state index contributed by atoms with van der Waals surface area (Å²) in [6.07, 6.45) is 9.98. The largest absolute Gasteiger partial charge is 1.00 e. The van der Waals surface area contributed by atoms with Crippen molar-refractivity contribution < 1.29 is 49.1 Å². The van der Waals surface area contributed by atoms with Gasteiger partial charge < -0.3 is 40.0 Å². The number of aromatic nitrogens is 4. The van der Waals surface area contributed by atoms with Gasteiger partial charge in [0.2, 0.25) is 0 Å². The first-order valence-electron chi connectivity index (χ1n) is 6.19. The van der Waals surface area contributed by atoms with Crippen molar-refractivity contribution in [3.8, 4) is 0 Å². The van der Waals surface area contributed by atoms with Gasteiger partial charge in [-0.05, 0) is 0 Å². The van der Waals surface area contributed by atoms with Crippen LogP contribution in [0.3, 0.4) is 0 Å². The van der Waals surface area contributed by atoms with Gasteiger partial charge in [-0.3, -0.25) is 0 Å². The lowest BCUT2D eigenvalue weighted by Gasteiger charge is -2.01. The van der Waals surface area contributed by atoms with Gasteiger partial charge in [0.1, 0.15) is 24.8 Å². The minimum absolute atomic E-state index is 0. The molecule has 2 N–H and O–H groups in total. The van der Waals surface area contributed by atoms with Crippen LogP contribution in [-0.4, -0.2) is 32.0 Å². The van der Waals surface area contributed by atoms with Gasteiger partial charge in [0.15, 0.2) is 25.9 Å². The second-order valence-corrected chi connectivity index (χ2v) is 4.43. The highest BCUT2D eigenvalue weighted by Crippen LogP contribution is 1.97. The summed E-state index contributed by atoms with van der Waals surface area (Å²) in [5, 5.41) is 23.4. The van der Waals surface area contributed by atoms with E-state index in [1.165, 1.54) is 12.4 Å². The number of imidazole rings is 2. The minimum atomic E-state index is 0. The Bertz CT molecular complexity index is 612. The van der Waals surface area contributed by atoms with E-state index in [0.717, 1.165) is 0 Å². The molecule has 0 radical (unpaired) electrons. The molecule has 0 aromatic carbocycles. The third-order valence-electron chi connectivity index (χ3n) is 3.06. The minimum Gasteiger partial charge on any atom is -1.00 e. The standard InChI is InChI=1S/C12H16N6O3.2ClH/c1-15-3-5-17(11(15)7-13-19)9-21-10-18-6-4-16(2)12(18)8-14-20;;/h3-8H,9-10H2,1-2H3;2*1H. The van der Waals surface area contributed by atoms with Crippen molar-refractivity contribution in [3.63, 3.8) is 0 Å². The monoisotopic (exact) mass is 364 g/mol. The van der Waals surface area contributed by atoms with Crippen LogP contribution < -0.4 is 33.9 Å². The lowest BCUT2D eigenvalue weighted by Crippen LogP contribution is -3.00. The molecule has 0 aliphatic carbocycles. The Morgan fingerprint density at radius 1 is 0.957 bits per heavy atom. The molecule has 0 aliphatic heterocycles. The third-order valence-corrected chi connectivity index (χ3v) is 3.06. The lowest BCUT2D eigenvalue weighted by atomic mass is 10.6. The van der Waals surface area contributed by atoms with Crippen LogP contribution in [0.1, 0.15) is 11.6 Å². The first-order valence-corrected chi connectivity index (χ1v) is 6.19. The van der Waals surface area contributed by atoms with E-state index in [1.54, 1.807) is 9.13 Å². The Morgan fingerprint density at radius 2 is 1.35 bits per heavy atom. The zero-order valence-corrected chi connectivity index (χ0v) is 14.1. The Labute approximate surface area is 145 Å². The highest BCUT2D eigenvalue weighted by molar-refractivity contribution is 5.72. The smallest absolute Gasteiger partial charge is 0.305 e. The zero-order valence-electron chi connectivity index (χ0n) is 12.6. The molecule has 2 rings (SSSR count). The molecule has 0 aliphatic rings.